The molecule has 3 rings (SSSR count). The summed E-state index contributed by atoms with van der Waals surface area (Å²) < 4.78 is 7.16. The molecule has 0 amide bonds. The van der Waals surface area contributed by atoms with E-state index in [4.69, 9.17) is 4.74 Å². The van der Waals surface area contributed by atoms with Gasteiger partial charge in [0.15, 0.2) is 5.16 Å². The molecule has 19 heavy (non-hydrogen) atoms. The summed E-state index contributed by atoms with van der Waals surface area (Å²) in [4.78, 5) is 16.0. The van der Waals surface area contributed by atoms with E-state index >= 15 is 0 Å². The Morgan fingerprint density at radius 1 is 1.37 bits per heavy atom. The molecular weight excluding hydrogens is 260 g/mol. The molecule has 98 valence electrons. The minimum atomic E-state index is -0.153. The molecule has 1 aliphatic rings. The summed E-state index contributed by atoms with van der Waals surface area (Å²) in [5.74, 6) is -0.139. The molecule has 0 N–H and O–H groups in total. The SMILES string of the molecule is C[C@H]1C[C@H](Sc2nccn2-c2ccccc2)C(=O)O1. The number of hydrogen-bond donors (Lipinski definition) is 0. The fraction of sp³-hybridized carbons (Fsp3) is 0.286. The van der Waals surface area contributed by atoms with Crippen molar-refractivity contribution in [2.24, 2.45) is 0 Å². The summed E-state index contributed by atoms with van der Waals surface area (Å²) in [5.41, 5.74) is 1.04. The Labute approximate surface area is 115 Å². The average molecular weight is 274 g/mol. The maximum atomic E-state index is 11.7. The standard InChI is InChI=1S/C14H14N2O2S/c1-10-9-12(13(17)18-10)19-14-15-7-8-16(14)11-5-3-2-4-6-11/h2-8,10,12H,9H2,1H3/t10-,12-/m0/s1. The number of benzene rings is 1. The fourth-order valence-corrected chi connectivity index (χ4v) is 3.28. The highest BCUT2D eigenvalue weighted by atomic mass is 32.2. The summed E-state index contributed by atoms with van der Waals surface area (Å²) in [7, 11) is 0. The number of hydrogen-bond acceptors (Lipinski definition) is 4. The highest BCUT2D eigenvalue weighted by molar-refractivity contribution is 8.00. The second kappa shape index (κ2) is 5.09. The number of nitrogens with zero attached hydrogens (tertiary/aromatic N) is 2. The first-order valence-electron chi connectivity index (χ1n) is 6.20. The van der Waals surface area contributed by atoms with Crippen molar-refractivity contribution in [2.75, 3.05) is 0 Å². The van der Waals surface area contributed by atoms with Gasteiger partial charge in [0.25, 0.3) is 0 Å². The van der Waals surface area contributed by atoms with Crippen LogP contribution in [0.3, 0.4) is 0 Å². The van der Waals surface area contributed by atoms with E-state index in [1.54, 1.807) is 6.20 Å². The zero-order chi connectivity index (χ0) is 13.2. The Morgan fingerprint density at radius 2 is 2.16 bits per heavy atom. The first-order chi connectivity index (χ1) is 9.24. The number of carbonyl (C=O) groups excluding carboxylic acids is 1. The van der Waals surface area contributed by atoms with Crippen LogP contribution in [0, 0.1) is 0 Å². The van der Waals surface area contributed by atoms with Crippen molar-refractivity contribution in [1.29, 1.82) is 0 Å². The maximum Gasteiger partial charge on any atom is 0.319 e. The second-order valence-corrected chi connectivity index (χ2v) is 5.67. The van der Waals surface area contributed by atoms with E-state index in [1.807, 2.05) is 48.0 Å². The zero-order valence-electron chi connectivity index (χ0n) is 10.5. The molecule has 1 saturated heterocycles. The van der Waals surface area contributed by atoms with E-state index < -0.39 is 0 Å². The van der Waals surface area contributed by atoms with Gasteiger partial charge in [-0.2, -0.15) is 0 Å². The second-order valence-electron chi connectivity index (χ2n) is 4.51. The monoisotopic (exact) mass is 274 g/mol. The Bertz CT molecular complexity index is 582. The fourth-order valence-electron chi connectivity index (χ4n) is 2.11. The predicted molar refractivity (Wildman–Crippen MR) is 73.4 cm³/mol. The van der Waals surface area contributed by atoms with Crippen LogP contribution in [0.2, 0.25) is 0 Å². The maximum absolute atomic E-state index is 11.7. The molecule has 1 aromatic heterocycles. The third-order valence-electron chi connectivity index (χ3n) is 3.02. The van der Waals surface area contributed by atoms with Crippen LogP contribution in [0.1, 0.15) is 13.3 Å². The molecule has 0 saturated carbocycles. The van der Waals surface area contributed by atoms with Gasteiger partial charge >= 0.3 is 5.97 Å². The smallest absolute Gasteiger partial charge is 0.319 e. The van der Waals surface area contributed by atoms with Crippen LogP contribution in [0.5, 0.6) is 0 Å². The largest absolute Gasteiger partial charge is 0.462 e. The molecule has 5 heteroatoms. The van der Waals surface area contributed by atoms with Gasteiger partial charge in [-0.05, 0) is 19.1 Å². The average Bonchev–Trinajstić information content (AvgIpc) is 2.98. The van der Waals surface area contributed by atoms with Gasteiger partial charge < -0.3 is 4.74 Å². The van der Waals surface area contributed by atoms with E-state index in [-0.39, 0.29) is 17.3 Å². The van der Waals surface area contributed by atoms with Crippen LogP contribution >= 0.6 is 11.8 Å². The zero-order valence-corrected chi connectivity index (χ0v) is 11.3. The molecule has 0 radical (unpaired) electrons. The van der Waals surface area contributed by atoms with E-state index in [0.717, 1.165) is 17.3 Å². The van der Waals surface area contributed by atoms with Gasteiger partial charge in [0, 0.05) is 24.5 Å². The number of ether oxygens (including phenoxy) is 1. The first kappa shape index (κ1) is 12.3. The van der Waals surface area contributed by atoms with E-state index in [0.29, 0.717) is 0 Å². The molecule has 0 aliphatic carbocycles. The lowest BCUT2D eigenvalue weighted by Gasteiger charge is -2.09. The summed E-state index contributed by atoms with van der Waals surface area (Å²) >= 11 is 1.47. The molecule has 0 spiro atoms. The summed E-state index contributed by atoms with van der Waals surface area (Å²) in [6, 6.07) is 9.97. The highest BCUT2D eigenvalue weighted by Crippen LogP contribution is 2.32. The van der Waals surface area contributed by atoms with Gasteiger partial charge in [0.2, 0.25) is 0 Å². The number of thioether (sulfide) groups is 1. The minimum absolute atomic E-state index is 0.00476. The summed E-state index contributed by atoms with van der Waals surface area (Å²) in [5, 5.41) is 0.669. The Kier molecular flexibility index (Phi) is 3.29. The normalized spacial score (nSPS) is 22.5. The molecule has 2 atom stereocenters. The summed E-state index contributed by atoms with van der Waals surface area (Å²) in [6.07, 6.45) is 4.40. The van der Waals surface area contributed by atoms with Crippen LogP contribution in [-0.4, -0.2) is 26.9 Å². The number of para-hydroxylation sites is 1. The Balaban J connectivity index is 1.83. The van der Waals surface area contributed by atoms with Crippen LogP contribution in [-0.2, 0) is 9.53 Å². The molecule has 1 aromatic carbocycles. The molecule has 2 aromatic rings. The Hall–Kier alpha value is -1.75. The van der Waals surface area contributed by atoms with Crippen LogP contribution in [0.15, 0.2) is 47.9 Å². The van der Waals surface area contributed by atoms with E-state index in [9.17, 15) is 4.79 Å². The third kappa shape index (κ3) is 2.51. The molecule has 2 heterocycles. The van der Waals surface area contributed by atoms with Gasteiger partial charge in [0.1, 0.15) is 11.4 Å². The lowest BCUT2D eigenvalue weighted by atomic mass is 10.3. The van der Waals surface area contributed by atoms with Crippen molar-refractivity contribution >= 4 is 17.7 Å². The van der Waals surface area contributed by atoms with E-state index in [2.05, 4.69) is 4.98 Å². The molecule has 0 bridgehead atoms. The van der Waals surface area contributed by atoms with Crippen molar-refractivity contribution in [3.05, 3.63) is 42.7 Å². The molecule has 0 unspecified atom stereocenters. The van der Waals surface area contributed by atoms with Crippen LogP contribution < -0.4 is 0 Å². The highest BCUT2D eigenvalue weighted by Gasteiger charge is 2.33. The van der Waals surface area contributed by atoms with E-state index in [1.165, 1.54) is 11.8 Å². The third-order valence-corrected chi connectivity index (χ3v) is 4.20. The number of imidazole rings is 1. The van der Waals surface area contributed by atoms with Gasteiger partial charge in [0.05, 0.1) is 0 Å². The number of aromatic nitrogens is 2. The van der Waals surface area contributed by atoms with Crippen LogP contribution in [0.25, 0.3) is 5.69 Å². The van der Waals surface area contributed by atoms with Crippen LogP contribution in [0.4, 0.5) is 0 Å². The summed E-state index contributed by atoms with van der Waals surface area (Å²) in [6.45, 7) is 1.92. The van der Waals surface area contributed by atoms with Crippen molar-refractivity contribution in [1.82, 2.24) is 9.55 Å². The predicted octanol–water partition coefficient (Wildman–Crippen LogP) is 2.67. The number of cyclic esters (lactones) is 1. The number of rotatable bonds is 3. The molecule has 1 fully saturated rings. The Morgan fingerprint density at radius 3 is 2.84 bits per heavy atom. The molecule has 1 aliphatic heterocycles. The minimum Gasteiger partial charge on any atom is -0.462 e. The van der Waals surface area contributed by atoms with Crippen molar-refractivity contribution in [3.63, 3.8) is 0 Å². The van der Waals surface area contributed by atoms with Gasteiger partial charge in [-0.15, -0.1) is 0 Å². The van der Waals surface area contributed by atoms with Gasteiger partial charge in [-0.1, -0.05) is 30.0 Å². The molecular formula is C14H14N2O2S. The lowest BCUT2D eigenvalue weighted by molar-refractivity contribution is -0.140. The van der Waals surface area contributed by atoms with Gasteiger partial charge in [-0.25, -0.2) is 4.98 Å². The lowest BCUT2D eigenvalue weighted by Crippen LogP contribution is -2.10. The first-order valence-corrected chi connectivity index (χ1v) is 7.08. The quantitative estimate of drug-likeness (QED) is 0.807. The number of esters is 1. The topological polar surface area (TPSA) is 44.1 Å². The van der Waals surface area contributed by atoms with Crippen molar-refractivity contribution in [3.8, 4) is 5.69 Å². The number of carbonyl (C=O) groups is 1. The van der Waals surface area contributed by atoms with Gasteiger partial charge in [-0.3, -0.25) is 9.36 Å². The van der Waals surface area contributed by atoms with Crippen molar-refractivity contribution < 1.29 is 9.53 Å². The van der Waals surface area contributed by atoms with Crippen molar-refractivity contribution in [2.45, 2.75) is 29.9 Å². The molecule has 4 nitrogen and oxygen atoms in total.